The van der Waals surface area contributed by atoms with Crippen LogP contribution >= 0.6 is 11.6 Å². The summed E-state index contributed by atoms with van der Waals surface area (Å²) in [6.07, 6.45) is 0. The number of anilines is 1. The molecule has 0 saturated heterocycles. The number of halogens is 3. The van der Waals surface area contributed by atoms with E-state index in [2.05, 4.69) is 5.32 Å². The Hall–Kier alpha value is -2.07. The highest BCUT2D eigenvalue weighted by Crippen LogP contribution is 2.30. The minimum atomic E-state index is -4.87. The maximum absolute atomic E-state index is 13.7. The predicted molar refractivity (Wildman–Crippen MR) is 89.1 cm³/mol. The average molecular weight is 391 g/mol. The monoisotopic (exact) mass is 390 g/mol. The van der Waals surface area contributed by atoms with Gasteiger partial charge < -0.3 is 9.87 Å². The van der Waals surface area contributed by atoms with Crippen molar-refractivity contribution in [2.24, 2.45) is 0 Å². The van der Waals surface area contributed by atoms with Crippen molar-refractivity contribution in [3.8, 4) is 0 Å². The van der Waals surface area contributed by atoms with Gasteiger partial charge in [-0.05, 0) is 24.3 Å². The molecule has 2 rings (SSSR count). The Morgan fingerprint density at radius 2 is 1.80 bits per heavy atom. The Morgan fingerprint density at radius 3 is 2.36 bits per heavy atom. The second-order valence-corrected chi connectivity index (χ2v) is 7.72. The summed E-state index contributed by atoms with van der Waals surface area (Å²) in [5.74, 6) is -2.74. The van der Waals surface area contributed by atoms with E-state index in [1.165, 1.54) is 12.1 Å². The number of amides is 1. The Kier molecular flexibility index (Phi) is 5.14. The molecule has 1 amide bonds. The summed E-state index contributed by atoms with van der Waals surface area (Å²) < 4.78 is 60.0. The van der Waals surface area contributed by atoms with Crippen molar-refractivity contribution >= 4 is 39.2 Å². The van der Waals surface area contributed by atoms with Gasteiger partial charge in [0.1, 0.15) is 17.2 Å². The van der Waals surface area contributed by atoms with Gasteiger partial charge in [-0.25, -0.2) is 12.7 Å². The van der Waals surface area contributed by atoms with Crippen molar-refractivity contribution in [1.82, 2.24) is 3.89 Å². The highest BCUT2D eigenvalue weighted by Gasteiger charge is 2.32. The third kappa shape index (κ3) is 3.96. The van der Waals surface area contributed by atoms with E-state index in [1.54, 1.807) is 0 Å². The zero-order valence-corrected chi connectivity index (χ0v) is 14.7. The summed E-state index contributed by atoms with van der Waals surface area (Å²) in [4.78, 5) is 12.5. The SMILES string of the molecule is C[N+](C)(c1ccc(Cl)cc1C(=O)Nc1ccc(F)cc1F)S(=O)(=O)[O-]. The number of rotatable bonds is 4. The lowest BCUT2D eigenvalue weighted by atomic mass is 10.1. The minimum Gasteiger partial charge on any atom is -0.701 e. The zero-order chi connectivity index (χ0) is 19.0. The Bertz CT molecular complexity index is 949. The normalized spacial score (nSPS) is 12.1. The third-order valence-corrected chi connectivity index (χ3v) is 5.07. The van der Waals surface area contributed by atoms with E-state index in [4.69, 9.17) is 11.6 Å². The van der Waals surface area contributed by atoms with Gasteiger partial charge in [0.2, 0.25) is 0 Å². The van der Waals surface area contributed by atoms with Gasteiger partial charge in [-0.15, -0.1) is 0 Å². The molecule has 0 unspecified atom stereocenters. The van der Waals surface area contributed by atoms with Crippen LogP contribution in [0.5, 0.6) is 0 Å². The van der Waals surface area contributed by atoms with E-state index < -0.39 is 31.7 Å². The van der Waals surface area contributed by atoms with E-state index in [0.717, 1.165) is 32.3 Å². The number of hydrogen-bond donors (Lipinski definition) is 1. The van der Waals surface area contributed by atoms with Crippen molar-refractivity contribution < 1.29 is 26.5 Å². The number of carbonyl (C=O) groups excluding carboxylic acids is 1. The molecule has 0 spiro atoms. The van der Waals surface area contributed by atoms with Crippen molar-refractivity contribution in [2.75, 3.05) is 19.4 Å². The second-order valence-electron chi connectivity index (χ2n) is 5.52. The first-order chi connectivity index (χ1) is 11.4. The predicted octanol–water partition coefficient (Wildman–Crippen LogP) is 2.90. The van der Waals surface area contributed by atoms with Crippen molar-refractivity contribution in [1.29, 1.82) is 0 Å². The standard InChI is InChI=1S/C15H13ClF2N2O4S/c1-20(2,25(22,23)24)14-6-3-9(16)7-11(14)15(21)19-13-5-4-10(17)8-12(13)18/h3-8H,1-2H3,(H-,19,21,22,23,24). The lowest BCUT2D eigenvalue weighted by Gasteiger charge is -2.31. The van der Waals surface area contributed by atoms with Crippen LogP contribution in [-0.4, -0.2) is 33.0 Å². The topological polar surface area (TPSA) is 86.3 Å². The quantitative estimate of drug-likeness (QED) is 0.642. The molecule has 0 heterocycles. The van der Waals surface area contributed by atoms with Gasteiger partial charge in [-0.1, -0.05) is 11.6 Å². The van der Waals surface area contributed by atoms with Crippen molar-refractivity contribution in [3.63, 3.8) is 0 Å². The molecule has 0 aliphatic carbocycles. The summed E-state index contributed by atoms with van der Waals surface area (Å²) in [7, 11) is -2.70. The zero-order valence-electron chi connectivity index (χ0n) is 13.1. The molecule has 134 valence electrons. The minimum absolute atomic E-state index is 0.108. The van der Waals surface area contributed by atoms with E-state index in [0.29, 0.717) is 6.07 Å². The number of benzene rings is 2. The van der Waals surface area contributed by atoms with Crippen LogP contribution in [0, 0.1) is 11.6 Å². The van der Waals surface area contributed by atoms with Gasteiger partial charge in [-0.2, -0.15) is 8.42 Å². The van der Waals surface area contributed by atoms with Gasteiger partial charge >= 0.3 is 0 Å². The number of nitrogens with zero attached hydrogens (tertiary/aromatic N) is 1. The molecule has 0 aliphatic heterocycles. The molecule has 2 aromatic rings. The Morgan fingerprint density at radius 1 is 1.16 bits per heavy atom. The molecule has 0 atom stereocenters. The van der Waals surface area contributed by atoms with Crippen molar-refractivity contribution in [3.05, 3.63) is 58.6 Å². The van der Waals surface area contributed by atoms with Gasteiger partial charge in [0, 0.05) is 17.2 Å². The number of carbonyl (C=O) groups is 1. The molecule has 0 fully saturated rings. The third-order valence-electron chi connectivity index (χ3n) is 3.52. The average Bonchev–Trinajstić information content (AvgIpc) is 2.48. The molecular formula is C15H13ClF2N2O4S. The molecule has 10 heteroatoms. The summed E-state index contributed by atoms with van der Waals surface area (Å²) in [5, 5.41) is 2.31. The van der Waals surface area contributed by atoms with Gasteiger partial charge in [0.05, 0.1) is 19.8 Å². The van der Waals surface area contributed by atoms with E-state index in [1.807, 2.05) is 0 Å². The molecule has 6 nitrogen and oxygen atoms in total. The van der Waals surface area contributed by atoms with Crippen LogP contribution in [0.25, 0.3) is 0 Å². The molecule has 0 radical (unpaired) electrons. The van der Waals surface area contributed by atoms with Crippen LogP contribution in [0.2, 0.25) is 5.02 Å². The highest BCUT2D eigenvalue weighted by atomic mass is 35.5. The van der Waals surface area contributed by atoms with Crippen LogP contribution in [0.4, 0.5) is 20.2 Å². The van der Waals surface area contributed by atoms with Crippen LogP contribution in [-0.2, 0) is 10.3 Å². The lowest BCUT2D eigenvalue weighted by molar-refractivity contribution is 0.102. The molecule has 0 aliphatic rings. The van der Waals surface area contributed by atoms with Crippen molar-refractivity contribution in [2.45, 2.75) is 0 Å². The number of nitrogens with one attached hydrogen (secondary N) is 1. The van der Waals surface area contributed by atoms with E-state index >= 15 is 0 Å². The number of hydrogen-bond acceptors (Lipinski definition) is 4. The highest BCUT2D eigenvalue weighted by molar-refractivity contribution is 7.85. The number of quaternary nitrogens is 1. The molecule has 1 N–H and O–H groups in total. The first kappa shape index (κ1) is 19.3. The molecule has 0 saturated carbocycles. The summed E-state index contributed by atoms with van der Waals surface area (Å²) in [6.45, 7) is 0. The van der Waals surface area contributed by atoms with Crippen LogP contribution in [0.15, 0.2) is 36.4 Å². The Balaban J connectivity index is 2.51. The van der Waals surface area contributed by atoms with Crippen LogP contribution in [0.1, 0.15) is 10.4 Å². The molecule has 0 bridgehead atoms. The first-order valence-corrected chi connectivity index (χ1v) is 8.54. The van der Waals surface area contributed by atoms with Crippen LogP contribution < -0.4 is 9.21 Å². The summed E-state index contributed by atoms with van der Waals surface area (Å²) in [6, 6.07) is 6.22. The van der Waals surface area contributed by atoms with E-state index in [-0.39, 0.29) is 22.0 Å². The maximum atomic E-state index is 13.7. The molecule has 2 aromatic carbocycles. The van der Waals surface area contributed by atoms with Crippen LogP contribution in [0.3, 0.4) is 0 Å². The fourth-order valence-corrected chi connectivity index (χ4v) is 2.63. The van der Waals surface area contributed by atoms with E-state index in [9.17, 15) is 26.5 Å². The smallest absolute Gasteiger partial charge is 0.261 e. The molecule has 25 heavy (non-hydrogen) atoms. The summed E-state index contributed by atoms with van der Waals surface area (Å²) >= 11 is 5.84. The van der Waals surface area contributed by atoms with Gasteiger partial charge in [-0.3, -0.25) is 4.79 Å². The first-order valence-electron chi connectivity index (χ1n) is 6.80. The second kappa shape index (κ2) is 6.68. The van der Waals surface area contributed by atoms with Gasteiger partial charge in [0.25, 0.3) is 16.2 Å². The summed E-state index contributed by atoms with van der Waals surface area (Å²) in [5.41, 5.74) is -0.701. The van der Waals surface area contributed by atoms with Gasteiger partial charge in [0.15, 0.2) is 5.69 Å². The fourth-order valence-electron chi connectivity index (χ4n) is 2.06. The fraction of sp³-hybridized carbons (Fsp3) is 0.133. The molecular weight excluding hydrogens is 378 g/mol. The maximum Gasteiger partial charge on any atom is 0.261 e. The largest absolute Gasteiger partial charge is 0.701 e. The lowest BCUT2D eigenvalue weighted by Crippen LogP contribution is -2.47. The molecule has 0 aromatic heterocycles. The Labute approximate surface area is 148 Å².